The Bertz CT molecular complexity index is 1210. The van der Waals surface area contributed by atoms with Crippen molar-refractivity contribution in [1.82, 2.24) is 14.5 Å². The molecule has 0 N–H and O–H groups in total. The highest BCUT2D eigenvalue weighted by Crippen LogP contribution is 2.23. The number of thiophene rings is 1. The molecule has 0 spiro atoms. The van der Waals surface area contributed by atoms with Gasteiger partial charge in [-0.3, -0.25) is 14.2 Å². The Morgan fingerprint density at radius 2 is 1.86 bits per heavy atom. The molecule has 0 bridgehead atoms. The van der Waals surface area contributed by atoms with E-state index >= 15 is 0 Å². The molecule has 0 fully saturated rings. The van der Waals surface area contributed by atoms with Crippen LogP contribution in [0, 0.1) is 0 Å². The molecular weight excluding hydrogens is 438 g/mol. The number of hydrogen-bond donors (Lipinski definition) is 0. The van der Waals surface area contributed by atoms with Crippen molar-refractivity contribution in [3.8, 4) is 5.69 Å². The standard InChI is InChI=1S/C21H16BrN3O2S/c1-24(12-16-10-11-19(22)28-16)20(26)14-6-8-15(9-7-14)25-13-23-18-5-3-2-4-17(18)21(25)27/h2-11,13H,12H2,1H3. The van der Waals surface area contributed by atoms with E-state index in [-0.39, 0.29) is 11.5 Å². The zero-order valence-corrected chi connectivity index (χ0v) is 17.4. The average molecular weight is 454 g/mol. The zero-order chi connectivity index (χ0) is 19.7. The molecule has 0 unspecified atom stereocenters. The van der Waals surface area contributed by atoms with Gasteiger partial charge < -0.3 is 4.90 Å². The Labute approximate surface area is 174 Å². The minimum Gasteiger partial charge on any atom is -0.337 e. The lowest BCUT2D eigenvalue weighted by molar-refractivity contribution is 0.0786. The van der Waals surface area contributed by atoms with Crippen molar-refractivity contribution >= 4 is 44.1 Å². The fraction of sp³-hybridized carbons (Fsp3) is 0.0952. The minimum atomic E-state index is -0.134. The molecule has 0 aliphatic carbocycles. The molecule has 4 rings (SSSR count). The van der Waals surface area contributed by atoms with Crippen molar-refractivity contribution in [3.63, 3.8) is 0 Å². The normalized spacial score (nSPS) is 10.9. The van der Waals surface area contributed by atoms with Crippen LogP contribution in [0.4, 0.5) is 0 Å². The van der Waals surface area contributed by atoms with E-state index in [1.807, 2.05) is 30.3 Å². The van der Waals surface area contributed by atoms with Crippen LogP contribution in [0.3, 0.4) is 0 Å². The maximum Gasteiger partial charge on any atom is 0.265 e. The third kappa shape index (κ3) is 3.63. The number of fused-ring (bicyclic) bond motifs is 1. The summed E-state index contributed by atoms with van der Waals surface area (Å²) < 4.78 is 2.53. The van der Waals surface area contributed by atoms with E-state index in [9.17, 15) is 9.59 Å². The summed E-state index contributed by atoms with van der Waals surface area (Å²) in [6, 6.07) is 18.2. The van der Waals surface area contributed by atoms with Gasteiger partial charge in [0, 0.05) is 17.5 Å². The summed E-state index contributed by atoms with van der Waals surface area (Å²) in [6.45, 7) is 0.547. The van der Waals surface area contributed by atoms with Crippen LogP contribution < -0.4 is 5.56 Å². The highest BCUT2D eigenvalue weighted by atomic mass is 79.9. The van der Waals surface area contributed by atoms with Crippen LogP contribution in [0.15, 0.2) is 75.6 Å². The van der Waals surface area contributed by atoms with Crippen molar-refractivity contribution in [3.05, 3.63) is 91.6 Å². The first-order valence-electron chi connectivity index (χ1n) is 8.59. The average Bonchev–Trinajstić information content (AvgIpc) is 3.12. The molecule has 0 atom stereocenters. The second-order valence-electron chi connectivity index (χ2n) is 6.35. The highest BCUT2D eigenvalue weighted by molar-refractivity contribution is 9.11. The molecule has 7 heteroatoms. The molecule has 2 aromatic carbocycles. The number of nitrogens with zero attached hydrogens (tertiary/aromatic N) is 3. The SMILES string of the molecule is CN(Cc1ccc(Br)s1)C(=O)c1ccc(-n2cnc3ccccc3c2=O)cc1. The third-order valence-corrected chi connectivity index (χ3v) is 6.03. The van der Waals surface area contributed by atoms with Gasteiger partial charge in [-0.15, -0.1) is 11.3 Å². The lowest BCUT2D eigenvalue weighted by Crippen LogP contribution is -2.26. The summed E-state index contributed by atoms with van der Waals surface area (Å²) in [5.41, 5.74) is 1.77. The molecule has 28 heavy (non-hydrogen) atoms. The summed E-state index contributed by atoms with van der Waals surface area (Å²) >= 11 is 5.05. The number of para-hydroxylation sites is 1. The topological polar surface area (TPSA) is 55.2 Å². The van der Waals surface area contributed by atoms with Gasteiger partial charge in [0.05, 0.1) is 26.9 Å². The van der Waals surface area contributed by atoms with Crippen LogP contribution in [-0.2, 0) is 6.54 Å². The molecule has 0 aliphatic heterocycles. The van der Waals surface area contributed by atoms with E-state index in [1.165, 1.54) is 10.9 Å². The summed E-state index contributed by atoms with van der Waals surface area (Å²) in [4.78, 5) is 32.5. The van der Waals surface area contributed by atoms with E-state index in [1.54, 1.807) is 53.6 Å². The Balaban J connectivity index is 1.58. The number of carbonyl (C=O) groups excluding carboxylic acids is 1. The molecule has 2 heterocycles. The van der Waals surface area contributed by atoms with E-state index in [0.717, 1.165) is 8.66 Å². The summed E-state index contributed by atoms with van der Waals surface area (Å²) in [5, 5.41) is 0.562. The first-order valence-corrected chi connectivity index (χ1v) is 10.2. The van der Waals surface area contributed by atoms with E-state index in [2.05, 4.69) is 20.9 Å². The van der Waals surface area contributed by atoms with Crippen molar-refractivity contribution < 1.29 is 4.79 Å². The maximum absolute atomic E-state index is 12.7. The Hall–Kier alpha value is -2.77. The van der Waals surface area contributed by atoms with Crippen LogP contribution >= 0.6 is 27.3 Å². The Morgan fingerprint density at radius 3 is 2.57 bits per heavy atom. The van der Waals surface area contributed by atoms with Gasteiger partial charge in [-0.05, 0) is 64.5 Å². The predicted molar refractivity (Wildman–Crippen MR) is 115 cm³/mol. The Morgan fingerprint density at radius 1 is 1.11 bits per heavy atom. The largest absolute Gasteiger partial charge is 0.337 e. The quantitative estimate of drug-likeness (QED) is 0.457. The molecular formula is C21H16BrN3O2S. The predicted octanol–water partition coefficient (Wildman–Crippen LogP) is 4.48. The van der Waals surface area contributed by atoms with Gasteiger partial charge in [-0.1, -0.05) is 12.1 Å². The van der Waals surface area contributed by atoms with Crippen molar-refractivity contribution in [1.29, 1.82) is 0 Å². The van der Waals surface area contributed by atoms with Crippen molar-refractivity contribution in [2.75, 3.05) is 7.05 Å². The van der Waals surface area contributed by atoms with Gasteiger partial charge in [-0.2, -0.15) is 0 Å². The number of benzene rings is 2. The zero-order valence-electron chi connectivity index (χ0n) is 15.0. The molecule has 5 nitrogen and oxygen atoms in total. The maximum atomic E-state index is 12.7. The van der Waals surface area contributed by atoms with Crippen molar-refractivity contribution in [2.45, 2.75) is 6.54 Å². The van der Waals surface area contributed by atoms with E-state index in [0.29, 0.717) is 28.7 Å². The Kier molecular flexibility index (Phi) is 5.11. The van der Waals surface area contributed by atoms with Gasteiger partial charge in [0.15, 0.2) is 0 Å². The molecule has 0 radical (unpaired) electrons. The third-order valence-electron chi connectivity index (χ3n) is 4.43. The van der Waals surface area contributed by atoms with Crippen LogP contribution in [0.1, 0.15) is 15.2 Å². The van der Waals surface area contributed by atoms with Gasteiger partial charge in [0.1, 0.15) is 6.33 Å². The van der Waals surface area contributed by atoms with Gasteiger partial charge >= 0.3 is 0 Å². The molecule has 140 valence electrons. The fourth-order valence-electron chi connectivity index (χ4n) is 2.98. The molecule has 0 saturated carbocycles. The van der Waals surface area contributed by atoms with Crippen LogP contribution in [0.2, 0.25) is 0 Å². The second kappa shape index (κ2) is 7.69. The molecule has 2 aromatic heterocycles. The summed E-state index contributed by atoms with van der Waals surface area (Å²) in [6.07, 6.45) is 1.52. The van der Waals surface area contributed by atoms with Gasteiger partial charge in [0.2, 0.25) is 0 Å². The second-order valence-corrected chi connectivity index (χ2v) is 8.90. The minimum absolute atomic E-state index is 0.0694. The first-order chi connectivity index (χ1) is 13.5. The number of carbonyl (C=O) groups is 1. The van der Waals surface area contributed by atoms with Crippen LogP contribution in [0.25, 0.3) is 16.6 Å². The lowest BCUT2D eigenvalue weighted by atomic mass is 10.1. The molecule has 1 amide bonds. The number of halogens is 1. The smallest absolute Gasteiger partial charge is 0.265 e. The van der Waals surface area contributed by atoms with E-state index < -0.39 is 0 Å². The van der Waals surface area contributed by atoms with Crippen molar-refractivity contribution in [2.24, 2.45) is 0 Å². The number of amides is 1. The number of rotatable bonds is 4. The summed E-state index contributed by atoms with van der Waals surface area (Å²) in [7, 11) is 1.78. The van der Waals surface area contributed by atoms with Crippen LogP contribution in [0.5, 0.6) is 0 Å². The first kappa shape index (κ1) is 18.6. The number of aromatic nitrogens is 2. The fourth-order valence-corrected chi connectivity index (χ4v) is 4.52. The molecule has 4 aromatic rings. The van der Waals surface area contributed by atoms with E-state index in [4.69, 9.17) is 0 Å². The summed E-state index contributed by atoms with van der Waals surface area (Å²) in [5.74, 6) is -0.0694. The van der Waals surface area contributed by atoms with Gasteiger partial charge in [-0.25, -0.2) is 4.98 Å². The highest BCUT2D eigenvalue weighted by Gasteiger charge is 2.13. The van der Waals surface area contributed by atoms with Crippen LogP contribution in [-0.4, -0.2) is 27.4 Å². The molecule has 0 saturated heterocycles. The van der Waals surface area contributed by atoms with Gasteiger partial charge in [0.25, 0.3) is 11.5 Å². The monoisotopic (exact) mass is 453 g/mol. The molecule has 0 aliphatic rings. The lowest BCUT2D eigenvalue weighted by Gasteiger charge is -2.16. The number of hydrogen-bond acceptors (Lipinski definition) is 4.